The van der Waals surface area contributed by atoms with Gasteiger partial charge in [0.15, 0.2) is 11.5 Å². The van der Waals surface area contributed by atoms with Crippen LogP contribution >= 0.6 is 11.6 Å². The van der Waals surface area contributed by atoms with Crippen molar-refractivity contribution < 1.29 is 14.3 Å². The van der Waals surface area contributed by atoms with Crippen molar-refractivity contribution >= 4 is 23.2 Å². The number of carbonyl (C=O) groups excluding carboxylic acids is 1. The first kappa shape index (κ1) is 15.7. The number of hydrogen-bond donors (Lipinski definition) is 1. The van der Waals surface area contributed by atoms with Crippen LogP contribution < -0.4 is 14.8 Å². The number of aryl methyl sites for hydroxylation is 2. The fourth-order valence-electron chi connectivity index (χ4n) is 2.38. The fourth-order valence-corrected chi connectivity index (χ4v) is 2.65. The summed E-state index contributed by atoms with van der Waals surface area (Å²) in [5.41, 5.74) is 3.50. The number of anilines is 1. The van der Waals surface area contributed by atoms with Crippen molar-refractivity contribution in [1.82, 2.24) is 0 Å². The van der Waals surface area contributed by atoms with Crippen molar-refractivity contribution in [2.75, 3.05) is 18.5 Å². The van der Waals surface area contributed by atoms with E-state index in [0.717, 1.165) is 17.7 Å². The van der Waals surface area contributed by atoms with Gasteiger partial charge in [-0.25, -0.2) is 0 Å². The molecule has 0 spiro atoms. The third kappa shape index (κ3) is 3.42. The average Bonchev–Trinajstić information content (AvgIpc) is 2.76. The summed E-state index contributed by atoms with van der Waals surface area (Å²) in [7, 11) is 0. The van der Waals surface area contributed by atoms with Gasteiger partial charge in [-0.15, -0.1) is 0 Å². The molecule has 0 saturated carbocycles. The standard InChI is InChI=1S/C18H18ClNO3/c1-11-4-5-14(8-12(11)2)20-18(21)13-9-15(19)17-16(10-13)22-6-3-7-23-17/h4-5,8-10H,3,6-7H2,1-2H3,(H,20,21). The molecular formula is C18H18ClNO3. The molecular weight excluding hydrogens is 314 g/mol. The van der Waals surface area contributed by atoms with E-state index >= 15 is 0 Å². The van der Waals surface area contributed by atoms with Crippen molar-refractivity contribution in [3.8, 4) is 11.5 Å². The van der Waals surface area contributed by atoms with Gasteiger partial charge < -0.3 is 14.8 Å². The van der Waals surface area contributed by atoms with Gasteiger partial charge in [-0.1, -0.05) is 17.7 Å². The Morgan fingerprint density at radius 1 is 1.09 bits per heavy atom. The molecule has 0 radical (unpaired) electrons. The smallest absolute Gasteiger partial charge is 0.255 e. The van der Waals surface area contributed by atoms with Crippen molar-refractivity contribution in [2.24, 2.45) is 0 Å². The number of halogens is 1. The van der Waals surface area contributed by atoms with Gasteiger partial charge in [0.05, 0.1) is 18.2 Å². The van der Waals surface area contributed by atoms with Gasteiger partial charge in [0.2, 0.25) is 0 Å². The molecule has 23 heavy (non-hydrogen) atoms. The Morgan fingerprint density at radius 2 is 1.87 bits per heavy atom. The minimum atomic E-state index is -0.231. The maximum Gasteiger partial charge on any atom is 0.255 e. The summed E-state index contributed by atoms with van der Waals surface area (Å²) in [5.74, 6) is 0.790. The molecule has 0 fully saturated rings. The second-order valence-corrected chi connectivity index (χ2v) is 6.00. The number of fused-ring (bicyclic) bond motifs is 1. The minimum Gasteiger partial charge on any atom is -0.489 e. The van der Waals surface area contributed by atoms with Crippen molar-refractivity contribution in [2.45, 2.75) is 20.3 Å². The molecule has 0 aromatic heterocycles. The van der Waals surface area contributed by atoms with Crippen LogP contribution in [0.15, 0.2) is 30.3 Å². The van der Waals surface area contributed by atoms with Gasteiger partial charge in [-0.2, -0.15) is 0 Å². The van der Waals surface area contributed by atoms with E-state index in [1.807, 2.05) is 32.0 Å². The third-order valence-corrected chi connectivity index (χ3v) is 4.11. The molecule has 1 aliphatic heterocycles. The topological polar surface area (TPSA) is 47.6 Å². The lowest BCUT2D eigenvalue weighted by molar-refractivity contribution is 0.102. The summed E-state index contributed by atoms with van der Waals surface area (Å²) in [6.07, 6.45) is 0.787. The molecule has 0 aliphatic carbocycles. The quantitative estimate of drug-likeness (QED) is 0.888. The van der Waals surface area contributed by atoms with Crippen LogP contribution in [-0.2, 0) is 0 Å². The molecule has 0 unspecified atom stereocenters. The lowest BCUT2D eigenvalue weighted by Crippen LogP contribution is -2.12. The van der Waals surface area contributed by atoms with Crippen LogP contribution in [0.2, 0.25) is 5.02 Å². The highest BCUT2D eigenvalue weighted by molar-refractivity contribution is 6.32. The van der Waals surface area contributed by atoms with Crippen molar-refractivity contribution in [1.29, 1.82) is 0 Å². The first-order chi connectivity index (χ1) is 11.0. The molecule has 3 rings (SSSR count). The molecule has 1 N–H and O–H groups in total. The van der Waals surface area contributed by atoms with E-state index in [-0.39, 0.29) is 5.91 Å². The number of rotatable bonds is 2. The van der Waals surface area contributed by atoms with E-state index in [2.05, 4.69) is 5.32 Å². The monoisotopic (exact) mass is 331 g/mol. The molecule has 1 aliphatic rings. The Balaban J connectivity index is 1.86. The highest BCUT2D eigenvalue weighted by Gasteiger charge is 2.18. The van der Waals surface area contributed by atoms with Gasteiger partial charge in [-0.3, -0.25) is 4.79 Å². The summed E-state index contributed by atoms with van der Waals surface area (Å²) >= 11 is 6.23. The molecule has 0 bridgehead atoms. The van der Waals surface area contributed by atoms with Crippen LogP contribution in [0.5, 0.6) is 11.5 Å². The third-order valence-electron chi connectivity index (χ3n) is 3.83. The van der Waals surface area contributed by atoms with E-state index in [4.69, 9.17) is 21.1 Å². The maximum atomic E-state index is 12.5. The number of benzene rings is 2. The minimum absolute atomic E-state index is 0.231. The van der Waals surface area contributed by atoms with E-state index in [9.17, 15) is 4.79 Å². The summed E-state index contributed by atoms with van der Waals surface area (Å²) < 4.78 is 11.2. The Morgan fingerprint density at radius 3 is 2.65 bits per heavy atom. The summed E-state index contributed by atoms with van der Waals surface area (Å²) in [5, 5.41) is 3.27. The molecule has 1 amide bonds. The molecule has 0 atom stereocenters. The number of carbonyl (C=O) groups is 1. The molecule has 120 valence electrons. The largest absolute Gasteiger partial charge is 0.489 e. The molecule has 2 aromatic rings. The fraction of sp³-hybridized carbons (Fsp3) is 0.278. The van der Waals surface area contributed by atoms with E-state index < -0.39 is 0 Å². The Labute approximate surface area is 140 Å². The number of ether oxygens (including phenoxy) is 2. The first-order valence-electron chi connectivity index (χ1n) is 7.52. The van der Waals surface area contributed by atoms with Crippen LogP contribution in [0, 0.1) is 13.8 Å². The van der Waals surface area contributed by atoms with E-state index in [1.54, 1.807) is 12.1 Å². The predicted octanol–water partition coefficient (Wildman–Crippen LogP) is 4.37. The van der Waals surface area contributed by atoms with Gasteiger partial charge in [0.25, 0.3) is 5.91 Å². The Hall–Kier alpha value is -2.20. The number of hydrogen-bond acceptors (Lipinski definition) is 3. The summed E-state index contributed by atoms with van der Waals surface area (Å²) in [4.78, 5) is 12.5. The zero-order valence-corrected chi connectivity index (χ0v) is 13.9. The second-order valence-electron chi connectivity index (χ2n) is 5.59. The lowest BCUT2D eigenvalue weighted by Gasteiger charge is -2.12. The first-order valence-corrected chi connectivity index (χ1v) is 7.90. The van der Waals surface area contributed by atoms with Crippen LogP contribution in [-0.4, -0.2) is 19.1 Å². The molecule has 0 saturated heterocycles. The van der Waals surface area contributed by atoms with Crippen LogP contribution in [0.4, 0.5) is 5.69 Å². The SMILES string of the molecule is Cc1ccc(NC(=O)c2cc(Cl)c3c(c2)OCCCO3)cc1C. The van der Waals surface area contributed by atoms with Gasteiger partial charge in [0.1, 0.15) is 0 Å². The summed E-state index contributed by atoms with van der Waals surface area (Å²) in [6, 6.07) is 9.07. The van der Waals surface area contributed by atoms with Crippen molar-refractivity contribution in [3.05, 3.63) is 52.0 Å². The van der Waals surface area contributed by atoms with Crippen LogP contribution in [0.1, 0.15) is 27.9 Å². The second kappa shape index (κ2) is 6.50. The van der Waals surface area contributed by atoms with E-state index in [1.165, 1.54) is 5.56 Å². The van der Waals surface area contributed by atoms with Gasteiger partial charge in [0, 0.05) is 17.7 Å². The van der Waals surface area contributed by atoms with Crippen molar-refractivity contribution in [3.63, 3.8) is 0 Å². The Kier molecular flexibility index (Phi) is 4.44. The van der Waals surface area contributed by atoms with Gasteiger partial charge >= 0.3 is 0 Å². The molecule has 1 heterocycles. The Bertz CT molecular complexity index is 758. The zero-order chi connectivity index (χ0) is 16.4. The van der Waals surface area contributed by atoms with Gasteiger partial charge in [-0.05, 0) is 49.2 Å². The highest BCUT2D eigenvalue weighted by Crippen LogP contribution is 2.38. The maximum absolute atomic E-state index is 12.5. The lowest BCUT2D eigenvalue weighted by atomic mass is 10.1. The van der Waals surface area contributed by atoms with E-state index in [0.29, 0.717) is 35.3 Å². The number of amides is 1. The van der Waals surface area contributed by atoms with Crippen LogP contribution in [0.3, 0.4) is 0 Å². The average molecular weight is 332 g/mol. The normalized spacial score (nSPS) is 13.3. The molecule has 4 nitrogen and oxygen atoms in total. The zero-order valence-electron chi connectivity index (χ0n) is 13.1. The number of nitrogens with one attached hydrogen (secondary N) is 1. The molecule has 5 heteroatoms. The summed E-state index contributed by atoms with van der Waals surface area (Å²) in [6.45, 7) is 5.15. The van der Waals surface area contributed by atoms with Crippen LogP contribution in [0.25, 0.3) is 0 Å². The highest BCUT2D eigenvalue weighted by atomic mass is 35.5. The predicted molar refractivity (Wildman–Crippen MR) is 90.9 cm³/mol. The molecule has 2 aromatic carbocycles.